The second-order valence-corrected chi connectivity index (χ2v) is 7.88. The van der Waals surface area contributed by atoms with Gasteiger partial charge in [0.2, 0.25) is 5.95 Å². The van der Waals surface area contributed by atoms with Crippen molar-refractivity contribution in [2.45, 2.75) is 33.2 Å². The number of nitrogens with one attached hydrogen (secondary N) is 2. The maximum Gasteiger partial charge on any atom is 0.264 e. The van der Waals surface area contributed by atoms with Gasteiger partial charge >= 0.3 is 0 Å². The summed E-state index contributed by atoms with van der Waals surface area (Å²) in [6.07, 6.45) is 0.883. The van der Waals surface area contributed by atoms with Crippen molar-refractivity contribution in [3.8, 4) is 0 Å². The third-order valence-corrected chi connectivity index (χ3v) is 5.53. The molecule has 0 saturated heterocycles. The lowest BCUT2D eigenvalue weighted by atomic mass is 10.1. The molecular formula is C22H23N5OS. The summed E-state index contributed by atoms with van der Waals surface area (Å²) in [5.74, 6) is 0.547. The van der Waals surface area contributed by atoms with Crippen molar-refractivity contribution in [2.24, 2.45) is 0 Å². The highest BCUT2D eigenvalue weighted by atomic mass is 32.1. The zero-order valence-corrected chi connectivity index (χ0v) is 17.4. The van der Waals surface area contributed by atoms with Gasteiger partial charge in [-0.2, -0.15) is 4.98 Å². The molecule has 0 fully saturated rings. The van der Waals surface area contributed by atoms with Crippen molar-refractivity contribution in [2.75, 3.05) is 16.0 Å². The molecule has 1 atom stereocenters. The summed E-state index contributed by atoms with van der Waals surface area (Å²) < 4.78 is 0. The van der Waals surface area contributed by atoms with Crippen LogP contribution in [0.1, 0.15) is 29.2 Å². The lowest BCUT2D eigenvalue weighted by molar-refractivity contribution is 0.738. The first kappa shape index (κ1) is 19.1. The number of anilines is 4. The van der Waals surface area contributed by atoms with E-state index in [0.717, 1.165) is 28.9 Å². The summed E-state index contributed by atoms with van der Waals surface area (Å²) in [6.45, 7) is 6.10. The van der Waals surface area contributed by atoms with Gasteiger partial charge in [0, 0.05) is 17.4 Å². The molecule has 0 radical (unpaired) electrons. The van der Waals surface area contributed by atoms with Crippen molar-refractivity contribution in [3.63, 3.8) is 0 Å². The van der Waals surface area contributed by atoms with E-state index in [0.29, 0.717) is 5.95 Å². The average molecular weight is 406 g/mol. The molecule has 0 amide bonds. The molecule has 148 valence electrons. The molecule has 6 nitrogen and oxygen atoms in total. The lowest BCUT2D eigenvalue weighted by Crippen LogP contribution is -2.31. The molecule has 4 rings (SSSR count). The Morgan fingerprint density at radius 3 is 2.76 bits per heavy atom. The van der Waals surface area contributed by atoms with Gasteiger partial charge in [0.05, 0.1) is 0 Å². The highest BCUT2D eigenvalue weighted by Crippen LogP contribution is 2.36. The normalized spacial score (nSPS) is 15.3. The monoisotopic (exact) mass is 405 g/mol. The van der Waals surface area contributed by atoms with Crippen LogP contribution in [-0.2, 0) is 6.42 Å². The number of aromatic amines is 1. The van der Waals surface area contributed by atoms with Gasteiger partial charge in [-0.3, -0.25) is 9.78 Å². The molecule has 2 heterocycles. The first-order chi connectivity index (χ1) is 13.8. The molecule has 1 aliphatic heterocycles. The number of benzene rings is 2. The van der Waals surface area contributed by atoms with Crippen LogP contribution in [0.3, 0.4) is 0 Å². The SMILES string of the molecule is Cc1ccc(NC(=S)c2c(N)nc(N3c4ccccc4C[C@H]3C)[nH]c2=O)c(C)c1. The third kappa shape index (κ3) is 3.49. The van der Waals surface area contributed by atoms with Crippen LogP contribution in [0.25, 0.3) is 0 Å². The Labute approximate surface area is 174 Å². The van der Waals surface area contributed by atoms with Gasteiger partial charge in [-0.1, -0.05) is 48.1 Å². The van der Waals surface area contributed by atoms with Gasteiger partial charge in [0.15, 0.2) is 0 Å². The molecule has 3 aromatic rings. The number of para-hydroxylation sites is 1. The van der Waals surface area contributed by atoms with Crippen LogP contribution < -0.4 is 21.5 Å². The van der Waals surface area contributed by atoms with E-state index in [1.165, 1.54) is 5.56 Å². The van der Waals surface area contributed by atoms with Gasteiger partial charge in [-0.15, -0.1) is 0 Å². The number of rotatable bonds is 3. The van der Waals surface area contributed by atoms with Crippen molar-refractivity contribution in [1.29, 1.82) is 0 Å². The molecule has 1 aromatic heterocycles. The zero-order chi connectivity index (χ0) is 20.7. The molecule has 29 heavy (non-hydrogen) atoms. The molecule has 1 aliphatic rings. The Balaban J connectivity index is 1.68. The lowest BCUT2D eigenvalue weighted by Gasteiger charge is -2.23. The fraction of sp³-hybridized carbons (Fsp3) is 0.227. The van der Waals surface area contributed by atoms with Crippen molar-refractivity contribution in [3.05, 3.63) is 75.1 Å². The number of nitrogen functional groups attached to an aromatic ring is 1. The van der Waals surface area contributed by atoms with E-state index in [1.807, 2.05) is 55.1 Å². The maximum atomic E-state index is 12.9. The molecule has 0 saturated carbocycles. The number of aryl methyl sites for hydroxylation is 2. The van der Waals surface area contributed by atoms with Crippen molar-refractivity contribution >= 4 is 40.3 Å². The van der Waals surface area contributed by atoms with Crippen LogP contribution in [0, 0.1) is 13.8 Å². The number of H-pyrrole nitrogens is 1. The smallest absolute Gasteiger partial charge is 0.264 e. The minimum absolute atomic E-state index is 0.114. The first-order valence-electron chi connectivity index (χ1n) is 9.50. The van der Waals surface area contributed by atoms with E-state index >= 15 is 0 Å². The minimum atomic E-state index is -0.355. The van der Waals surface area contributed by atoms with Crippen molar-refractivity contribution in [1.82, 2.24) is 9.97 Å². The molecule has 0 unspecified atom stereocenters. The highest BCUT2D eigenvalue weighted by Gasteiger charge is 2.29. The number of fused-ring (bicyclic) bond motifs is 1. The molecular weight excluding hydrogens is 382 g/mol. The topological polar surface area (TPSA) is 87.0 Å². The molecule has 0 bridgehead atoms. The van der Waals surface area contributed by atoms with Crippen molar-refractivity contribution < 1.29 is 0 Å². The average Bonchev–Trinajstić information content (AvgIpc) is 2.99. The van der Waals surface area contributed by atoms with Crippen LogP contribution in [0.15, 0.2) is 47.3 Å². The standard InChI is InChI=1S/C22H23N5OS/c1-12-8-9-16(13(2)10-12)24-21(29)18-19(23)25-22(26-20(18)28)27-14(3)11-15-6-4-5-7-17(15)27/h4-10,14H,11H2,1-3H3,(H,24,29)(H3,23,25,26,28)/t14-/m1/s1. The second-order valence-electron chi connectivity index (χ2n) is 7.47. The quantitative estimate of drug-likeness (QED) is 0.574. The van der Waals surface area contributed by atoms with Crippen LogP contribution in [0.2, 0.25) is 0 Å². The van der Waals surface area contributed by atoms with Gasteiger partial charge in [0.1, 0.15) is 16.4 Å². The summed E-state index contributed by atoms with van der Waals surface area (Å²) in [4.78, 5) is 22.5. The molecule has 2 aromatic carbocycles. The number of hydrogen-bond acceptors (Lipinski definition) is 5. The Morgan fingerprint density at radius 1 is 1.28 bits per heavy atom. The van der Waals surface area contributed by atoms with Gasteiger partial charge in [-0.25, -0.2) is 0 Å². The minimum Gasteiger partial charge on any atom is -0.383 e. The van der Waals surface area contributed by atoms with E-state index in [1.54, 1.807) is 0 Å². The Hall–Kier alpha value is -3.19. The van der Waals surface area contributed by atoms with Crippen LogP contribution >= 0.6 is 12.2 Å². The zero-order valence-electron chi connectivity index (χ0n) is 16.6. The number of aromatic nitrogens is 2. The number of hydrogen-bond donors (Lipinski definition) is 3. The predicted molar refractivity (Wildman–Crippen MR) is 122 cm³/mol. The largest absolute Gasteiger partial charge is 0.383 e. The van der Waals surface area contributed by atoms with E-state index in [-0.39, 0.29) is 28.0 Å². The molecule has 7 heteroatoms. The Morgan fingerprint density at radius 2 is 2.03 bits per heavy atom. The molecule has 4 N–H and O–H groups in total. The number of nitrogens with zero attached hydrogens (tertiary/aromatic N) is 2. The number of nitrogens with two attached hydrogens (primary N) is 1. The fourth-order valence-corrected chi connectivity index (χ4v) is 4.15. The fourth-order valence-electron chi connectivity index (χ4n) is 3.84. The maximum absolute atomic E-state index is 12.9. The van der Waals surface area contributed by atoms with E-state index in [2.05, 4.69) is 28.3 Å². The van der Waals surface area contributed by atoms with Crippen LogP contribution in [0.4, 0.5) is 23.1 Å². The summed E-state index contributed by atoms with van der Waals surface area (Å²) >= 11 is 5.47. The van der Waals surface area contributed by atoms with Gasteiger partial charge in [0.25, 0.3) is 5.56 Å². The highest BCUT2D eigenvalue weighted by molar-refractivity contribution is 7.81. The summed E-state index contributed by atoms with van der Waals surface area (Å²) in [5, 5.41) is 3.13. The number of thiocarbonyl (C=S) groups is 1. The second kappa shape index (κ2) is 7.33. The van der Waals surface area contributed by atoms with E-state index in [4.69, 9.17) is 18.0 Å². The van der Waals surface area contributed by atoms with E-state index in [9.17, 15) is 4.79 Å². The first-order valence-corrected chi connectivity index (χ1v) is 9.91. The van der Waals surface area contributed by atoms with Crippen LogP contribution in [-0.4, -0.2) is 21.0 Å². The Bertz CT molecular complexity index is 1170. The van der Waals surface area contributed by atoms with Gasteiger partial charge < -0.3 is 16.0 Å². The Kier molecular flexibility index (Phi) is 4.84. The van der Waals surface area contributed by atoms with Gasteiger partial charge in [-0.05, 0) is 50.5 Å². The summed E-state index contributed by atoms with van der Waals surface area (Å²) in [5.41, 5.74) is 11.3. The summed E-state index contributed by atoms with van der Waals surface area (Å²) in [6, 6.07) is 14.2. The van der Waals surface area contributed by atoms with E-state index < -0.39 is 0 Å². The summed E-state index contributed by atoms with van der Waals surface area (Å²) in [7, 11) is 0. The molecule has 0 aliphatic carbocycles. The van der Waals surface area contributed by atoms with Crippen LogP contribution in [0.5, 0.6) is 0 Å². The predicted octanol–water partition coefficient (Wildman–Crippen LogP) is 3.84. The molecule has 0 spiro atoms. The third-order valence-electron chi connectivity index (χ3n) is 5.23.